The Labute approximate surface area is 153 Å². The topological polar surface area (TPSA) is 12.9 Å². The fourth-order valence-electron chi connectivity index (χ4n) is 2.81. The molecule has 0 bridgehead atoms. The van der Waals surface area contributed by atoms with E-state index >= 15 is 0 Å². The quantitative estimate of drug-likeness (QED) is 0.487. The van der Waals surface area contributed by atoms with Crippen LogP contribution in [0.4, 0.5) is 17.6 Å². The number of hydrogen-bond donors (Lipinski definition) is 0. The average Bonchev–Trinajstić information content (AvgIpc) is 2.60. The lowest BCUT2D eigenvalue weighted by atomic mass is 9.88. The monoisotopic (exact) mass is 379 g/mol. The molecule has 0 saturated carbocycles. The first-order valence-electron chi connectivity index (χ1n) is 7.86. The highest BCUT2D eigenvalue weighted by Gasteiger charge is 2.32. The smallest absolute Gasteiger partial charge is 0.259 e. The van der Waals surface area contributed by atoms with Crippen molar-refractivity contribution in [2.24, 2.45) is 0 Å². The summed E-state index contributed by atoms with van der Waals surface area (Å²) >= 11 is 5.86. The Morgan fingerprint density at radius 1 is 0.962 bits per heavy atom. The molecule has 2 aromatic carbocycles. The van der Waals surface area contributed by atoms with Crippen molar-refractivity contribution in [3.8, 4) is 0 Å². The summed E-state index contributed by atoms with van der Waals surface area (Å²) in [5.41, 5.74) is 0.638. The number of alkyl halides is 3. The molecule has 0 unspecified atom stereocenters. The lowest BCUT2D eigenvalue weighted by molar-refractivity contribution is -0.137. The fraction of sp³-hybridized carbons (Fsp3) is 0.150. The van der Waals surface area contributed by atoms with Crippen LogP contribution in [0.15, 0.2) is 66.9 Å². The minimum absolute atomic E-state index is 0.219. The number of nitrogens with zero attached hydrogens (tertiary/aromatic N) is 1. The number of rotatable bonds is 4. The van der Waals surface area contributed by atoms with Gasteiger partial charge >= 0.3 is 6.18 Å². The van der Waals surface area contributed by atoms with Crippen LogP contribution >= 0.6 is 11.6 Å². The summed E-state index contributed by atoms with van der Waals surface area (Å²) in [6.45, 7) is 0. The molecule has 0 saturated heterocycles. The maximum absolute atomic E-state index is 13.9. The number of benzene rings is 2. The van der Waals surface area contributed by atoms with Crippen molar-refractivity contribution >= 4 is 11.6 Å². The van der Waals surface area contributed by atoms with Gasteiger partial charge in [0.15, 0.2) is 0 Å². The second-order valence-corrected chi connectivity index (χ2v) is 6.35. The van der Waals surface area contributed by atoms with Crippen LogP contribution in [-0.2, 0) is 12.6 Å². The van der Waals surface area contributed by atoms with Gasteiger partial charge in [0.1, 0.15) is 5.82 Å². The fourth-order valence-corrected chi connectivity index (χ4v) is 2.93. The largest absolute Gasteiger partial charge is 0.416 e. The van der Waals surface area contributed by atoms with Crippen molar-refractivity contribution in [3.63, 3.8) is 0 Å². The van der Waals surface area contributed by atoms with E-state index in [4.69, 9.17) is 11.6 Å². The van der Waals surface area contributed by atoms with Crippen LogP contribution in [0.5, 0.6) is 0 Å². The lowest BCUT2D eigenvalue weighted by Gasteiger charge is -2.19. The number of halogens is 5. The molecule has 1 aromatic heterocycles. The zero-order chi connectivity index (χ0) is 18.7. The van der Waals surface area contributed by atoms with Crippen LogP contribution in [0, 0.1) is 5.82 Å². The van der Waals surface area contributed by atoms with E-state index in [1.165, 1.54) is 6.20 Å². The SMILES string of the molecule is Fc1cc([C@@H](Cc2ccccc2)c2ccc(Cl)cn2)cc(C(F)(F)F)c1. The third-order valence-corrected chi connectivity index (χ3v) is 4.26. The van der Waals surface area contributed by atoms with Crippen LogP contribution in [0.2, 0.25) is 5.02 Å². The standard InChI is InChI=1S/C20H14ClF4N/c21-16-6-7-19(26-12-16)18(8-13-4-2-1-3-5-13)14-9-15(20(23,24)25)11-17(22)10-14/h1-7,9-12,18H,8H2/t18-/m1/s1. The van der Waals surface area contributed by atoms with Crippen LogP contribution in [0.25, 0.3) is 0 Å². The van der Waals surface area contributed by atoms with E-state index in [0.717, 1.165) is 17.7 Å². The molecule has 3 aromatic rings. The summed E-state index contributed by atoms with van der Waals surface area (Å²) in [5, 5.41) is 0.419. The summed E-state index contributed by atoms with van der Waals surface area (Å²) in [6, 6.07) is 15.1. The maximum Gasteiger partial charge on any atom is 0.416 e. The van der Waals surface area contributed by atoms with Gasteiger partial charge in [-0.1, -0.05) is 41.9 Å². The Hall–Kier alpha value is -2.40. The second-order valence-electron chi connectivity index (χ2n) is 5.91. The zero-order valence-electron chi connectivity index (χ0n) is 13.5. The summed E-state index contributed by atoms with van der Waals surface area (Å²) in [6.07, 6.45) is -2.81. The molecular formula is C20H14ClF4N. The van der Waals surface area contributed by atoms with Gasteiger partial charge in [-0.05, 0) is 47.9 Å². The van der Waals surface area contributed by atoms with Crippen molar-refractivity contribution < 1.29 is 17.6 Å². The van der Waals surface area contributed by atoms with Crippen molar-refractivity contribution in [1.29, 1.82) is 0 Å². The summed E-state index contributed by atoms with van der Waals surface area (Å²) in [5.74, 6) is -1.46. The summed E-state index contributed by atoms with van der Waals surface area (Å²) < 4.78 is 53.2. The van der Waals surface area contributed by atoms with E-state index in [1.54, 1.807) is 12.1 Å². The second kappa shape index (κ2) is 7.46. The highest BCUT2D eigenvalue weighted by Crippen LogP contribution is 2.35. The van der Waals surface area contributed by atoms with Crippen LogP contribution in [0.3, 0.4) is 0 Å². The van der Waals surface area contributed by atoms with Gasteiger partial charge in [0.05, 0.1) is 10.6 Å². The molecule has 26 heavy (non-hydrogen) atoms. The molecule has 0 fully saturated rings. The molecule has 3 rings (SSSR count). The van der Waals surface area contributed by atoms with E-state index < -0.39 is 23.5 Å². The summed E-state index contributed by atoms with van der Waals surface area (Å²) in [4.78, 5) is 4.24. The highest BCUT2D eigenvalue weighted by molar-refractivity contribution is 6.30. The van der Waals surface area contributed by atoms with Gasteiger partial charge < -0.3 is 0 Å². The van der Waals surface area contributed by atoms with Crippen molar-refractivity contribution in [2.75, 3.05) is 0 Å². The molecule has 0 amide bonds. The minimum Gasteiger partial charge on any atom is -0.259 e. The highest BCUT2D eigenvalue weighted by atomic mass is 35.5. The molecule has 0 aliphatic rings. The minimum atomic E-state index is -4.62. The van der Waals surface area contributed by atoms with Crippen LogP contribution in [-0.4, -0.2) is 4.98 Å². The van der Waals surface area contributed by atoms with Crippen LogP contribution in [0.1, 0.15) is 28.3 Å². The molecule has 0 aliphatic carbocycles. The van der Waals surface area contributed by atoms with Crippen molar-refractivity contribution in [1.82, 2.24) is 4.98 Å². The maximum atomic E-state index is 13.9. The van der Waals surface area contributed by atoms with Crippen LogP contribution < -0.4 is 0 Å². The molecule has 0 radical (unpaired) electrons. The average molecular weight is 380 g/mol. The molecule has 1 heterocycles. The van der Waals surface area contributed by atoms with E-state index in [9.17, 15) is 17.6 Å². The molecule has 134 valence electrons. The Kier molecular flexibility index (Phi) is 5.28. The van der Waals surface area contributed by atoms with Gasteiger partial charge in [-0.2, -0.15) is 13.2 Å². The van der Waals surface area contributed by atoms with E-state index in [2.05, 4.69) is 4.98 Å². The third-order valence-electron chi connectivity index (χ3n) is 4.04. The summed E-state index contributed by atoms with van der Waals surface area (Å²) in [7, 11) is 0. The predicted octanol–water partition coefficient (Wildman–Crippen LogP) is 6.27. The third kappa shape index (κ3) is 4.41. The molecule has 0 aliphatic heterocycles. The van der Waals surface area contributed by atoms with Gasteiger partial charge in [0.25, 0.3) is 0 Å². The Morgan fingerprint density at radius 3 is 2.31 bits per heavy atom. The molecule has 6 heteroatoms. The molecule has 1 nitrogen and oxygen atoms in total. The lowest BCUT2D eigenvalue weighted by Crippen LogP contribution is -2.11. The Morgan fingerprint density at radius 2 is 1.69 bits per heavy atom. The first kappa shape index (κ1) is 18.4. The van der Waals surface area contributed by atoms with Gasteiger partial charge in [0.2, 0.25) is 0 Å². The number of hydrogen-bond acceptors (Lipinski definition) is 1. The molecule has 0 spiro atoms. The van der Waals surface area contributed by atoms with Crippen molar-refractivity contribution in [3.05, 3.63) is 100 Å². The normalized spacial score (nSPS) is 12.8. The molecule has 1 atom stereocenters. The molecule has 0 N–H and O–H groups in total. The number of aromatic nitrogens is 1. The van der Waals surface area contributed by atoms with Crippen molar-refractivity contribution in [2.45, 2.75) is 18.5 Å². The molecular weight excluding hydrogens is 366 g/mol. The Balaban J connectivity index is 2.08. The van der Waals surface area contributed by atoms with Gasteiger partial charge in [0, 0.05) is 17.8 Å². The first-order chi connectivity index (χ1) is 12.3. The van der Waals surface area contributed by atoms with E-state index in [0.29, 0.717) is 23.2 Å². The predicted molar refractivity (Wildman–Crippen MR) is 92.6 cm³/mol. The zero-order valence-corrected chi connectivity index (χ0v) is 14.2. The van der Waals surface area contributed by atoms with Gasteiger partial charge in [-0.25, -0.2) is 4.39 Å². The Bertz CT molecular complexity index is 877. The number of pyridine rings is 1. The van der Waals surface area contributed by atoms with E-state index in [1.807, 2.05) is 30.3 Å². The van der Waals surface area contributed by atoms with Gasteiger partial charge in [-0.3, -0.25) is 4.98 Å². The first-order valence-corrected chi connectivity index (χ1v) is 8.24. The van der Waals surface area contributed by atoms with E-state index in [-0.39, 0.29) is 5.56 Å². The van der Waals surface area contributed by atoms with Gasteiger partial charge in [-0.15, -0.1) is 0 Å².